The maximum atomic E-state index is 10.9. The lowest BCUT2D eigenvalue weighted by Gasteiger charge is -2.40. The molecule has 0 aromatic rings. The average molecular weight is 318 g/mol. The van der Waals surface area contributed by atoms with Crippen LogP contribution in [0.5, 0.6) is 0 Å². The maximum absolute atomic E-state index is 10.9. The monoisotopic (exact) mass is 318 g/mol. The van der Waals surface area contributed by atoms with Crippen LogP contribution in [-0.2, 0) is 9.47 Å². The van der Waals surface area contributed by atoms with Crippen molar-refractivity contribution in [1.29, 1.82) is 0 Å². The number of aliphatic hydroxyl groups is 3. The van der Waals surface area contributed by atoms with E-state index >= 15 is 0 Å². The van der Waals surface area contributed by atoms with Gasteiger partial charge in [0.2, 0.25) is 0 Å². The van der Waals surface area contributed by atoms with Crippen LogP contribution in [0.4, 0.5) is 0 Å². The van der Waals surface area contributed by atoms with Gasteiger partial charge >= 0.3 is 0 Å². The predicted octanol–water partition coefficient (Wildman–Crippen LogP) is 1.73. The topological polar surface area (TPSA) is 79.2 Å². The van der Waals surface area contributed by atoms with Gasteiger partial charge in [0.15, 0.2) is 0 Å². The molecule has 132 valence electrons. The molecule has 0 bridgehead atoms. The van der Waals surface area contributed by atoms with Crippen molar-refractivity contribution in [3.63, 3.8) is 0 Å². The molecule has 1 rings (SSSR count). The summed E-state index contributed by atoms with van der Waals surface area (Å²) < 4.78 is 11.7. The van der Waals surface area contributed by atoms with Gasteiger partial charge < -0.3 is 24.8 Å². The van der Waals surface area contributed by atoms with Crippen LogP contribution in [0.25, 0.3) is 0 Å². The molecule has 3 N–H and O–H groups in total. The number of hydrogen-bond donors (Lipinski definition) is 3. The Kier molecular flexibility index (Phi) is 6.84. The summed E-state index contributed by atoms with van der Waals surface area (Å²) in [4.78, 5) is 0. The lowest BCUT2D eigenvalue weighted by Crippen LogP contribution is -2.52. The second-order valence-electron chi connectivity index (χ2n) is 7.68. The molecule has 1 aliphatic heterocycles. The first-order chi connectivity index (χ1) is 10.1. The summed E-state index contributed by atoms with van der Waals surface area (Å²) in [6.45, 7) is 12.1. The zero-order chi connectivity index (χ0) is 17.1. The molecule has 5 nitrogen and oxygen atoms in total. The van der Waals surface area contributed by atoms with Crippen LogP contribution in [0, 0.1) is 11.3 Å². The Bertz CT molecular complexity index is 342. The molecule has 22 heavy (non-hydrogen) atoms. The molecule has 0 radical (unpaired) electrons. The van der Waals surface area contributed by atoms with E-state index in [1.165, 1.54) is 0 Å². The highest BCUT2D eigenvalue weighted by Gasteiger charge is 2.47. The standard InChI is InChI=1S/C17H34O5/c1-7-16(3,4)11-10-21-12(9-18)14(20)15(13(11)19)22-17(5,6)8-2/h11-15,18-20H,7-10H2,1-6H3. The Hall–Kier alpha value is -0.200. The minimum absolute atomic E-state index is 0.151. The zero-order valence-corrected chi connectivity index (χ0v) is 14.9. The second-order valence-corrected chi connectivity index (χ2v) is 7.68. The molecule has 5 atom stereocenters. The predicted molar refractivity (Wildman–Crippen MR) is 85.6 cm³/mol. The summed E-state index contributed by atoms with van der Waals surface area (Å²) in [6.07, 6.45) is -1.76. The summed E-state index contributed by atoms with van der Waals surface area (Å²) in [6, 6.07) is 0. The third-order valence-electron chi connectivity index (χ3n) is 5.36. The lowest BCUT2D eigenvalue weighted by molar-refractivity contribution is -0.184. The summed E-state index contributed by atoms with van der Waals surface area (Å²) in [5.41, 5.74) is -0.612. The molecule has 0 aromatic carbocycles. The van der Waals surface area contributed by atoms with E-state index in [2.05, 4.69) is 20.8 Å². The molecule has 1 fully saturated rings. The van der Waals surface area contributed by atoms with E-state index < -0.39 is 30.0 Å². The van der Waals surface area contributed by atoms with Gasteiger partial charge in [0.05, 0.1) is 24.9 Å². The highest BCUT2D eigenvalue weighted by atomic mass is 16.6. The van der Waals surface area contributed by atoms with Gasteiger partial charge in [-0.3, -0.25) is 0 Å². The van der Waals surface area contributed by atoms with Gasteiger partial charge in [-0.1, -0.05) is 34.1 Å². The SMILES string of the molecule is CCC(C)(C)OC1C(O)C(CO)OCC(C(C)(C)CC)C1O. The number of hydrogen-bond acceptors (Lipinski definition) is 5. The Morgan fingerprint density at radius 2 is 1.64 bits per heavy atom. The Labute approximate surface area is 134 Å². The first kappa shape index (κ1) is 19.8. The van der Waals surface area contributed by atoms with Crippen LogP contribution in [0.2, 0.25) is 0 Å². The highest BCUT2D eigenvalue weighted by molar-refractivity contribution is 4.95. The van der Waals surface area contributed by atoms with E-state index in [0.717, 1.165) is 12.8 Å². The van der Waals surface area contributed by atoms with Crippen molar-refractivity contribution in [2.24, 2.45) is 11.3 Å². The van der Waals surface area contributed by atoms with Crippen molar-refractivity contribution < 1.29 is 24.8 Å². The van der Waals surface area contributed by atoms with E-state index in [0.29, 0.717) is 6.61 Å². The molecule has 5 unspecified atom stereocenters. The Balaban J connectivity index is 3.10. The summed E-state index contributed by atoms with van der Waals surface area (Å²) in [5, 5.41) is 30.9. The zero-order valence-electron chi connectivity index (χ0n) is 14.9. The van der Waals surface area contributed by atoms with Crippen LogP contribution in [-0.4, -0.2) is 58.6 Å². The average Bonchev–Trinajstić information content (AvgIpc) is 2.58. The summed E-state index contributed by atoms with van der Waals surface area (Å²) >= 11 is 0. The second kappa shape index (κ2) is 7.58. The molecule has 5 heteroatoms. The summed E-state index contributed by atoms with van der Waals surface area (Å²) in [7, 11) is 0. The minimum Gasteiger partial charge on any atom is -0.394 e. The van der Waals surface area contributed by atoms with Crippen molar-refractivity contribution >= 4 is 0 Å². The van der Waals surface area contributed by atoms with E-state index in [1.807, 2.05) is 20.8 Å². The van der Waals surface area contributed by atoms with Gasteiger partial charge in [0.1, 0.15) is 18.3 Å². The molecule has 0 aliphatic carbocycles. The molecular formula is C17H34O5. The minimum atomic E-state index is -1.05. The molecule has 1 saturated heterocycles. The molecule has 0 spiro atoms. The first-order valence-corrected chi connectivity index (χ1v) is 8.36. The largest absolute Gasteiger partial charge is 0.394 e. The molecule has 0 saturated carbocycles. The van der Waals surface area contributed by atoms with E-state index in [4.69, 9.17) is 9.47 Å². The molecule has 1 aliphatic rings. The van der Waals surface area contributed by atoms with Crippen LogP contribution in [0.3, 0.4) is 0 Å². The molecule has 0 aromatic heterocycles. The van der Waals surface area contributed by atoms with E-state index in [9.17, 15) is 15.3 Å². The molecule has 1 heterocycles. The van der Waals surface area contributed by atoms with Crippen LogP contribution in [0.15, 0.2) is 0 Å². The van der Waals surface area contributed by atoms with Crippen molar-refractivity contribution in [2.75, 3.05) is 13.2 Å². The van der Waals surface area contributed by atoms with Crippen LogP contribution >= 0.6 is 0 Å². The number of ether oxygens (including phenoxy) is 2. The Morgan fingerprint density at radius 1 is 1.05 bits per heavy atom. The van der Waals surface area contributed by atoms with Crippen LogP contribution < -0.4 is 0 Å². The van der Waals surface area contributed by atoms with Gasteiger partial charge in [-0.25, -0.2) is 0 Å². The Morgan fingerprint density at radius 3 is 2.09 bits per heavy atom. The van der Waals surface area contributed by atoms with Gasteiger partial charge in [0, 0.05) is 5.92 Å². The third kappa shape index (κ3) is 4.42. The number of rotatable bonds is 6. The third-order valence-corrected chi connectivity index (χ3v) is 5.36. The van der Waals surface area contributed by atoms with Crippen molar-refractivity contribution in [3.05, 3.63) is 0 Å². The van der Waals surface area contributed by atoms with Crippen molar-refractivity contribution in [2.45, 2.75) is 84.4 Å². The first-order valence-electron chi connectivity index (χ1n) is 8.36. The highest BCUT2D eigenvalue weighted by Crippen LogP contribution is 2.38. The smallest absolute Gasteiger partial charge is 0.113 e. The lowest BCUT2D eigenvalue weighted by atomic mass is 9.72. The normalized spacial score (nSPS) is 34.5. The molecule has 0 amide bonds. The van der Waals surface area contributed by atoms with E-state index in [1.54, 1.807) is 0 Å². The van der Waals surface area contributed by atoms with Gasteiger partial charge in [0.25, 0.3) is 0 Å². The van der Waals surface area contributed by atoms with Gasteiger partial charge in [-0.2, -0.15) is 0 Å². The van der Waals surface area contributed by atoms with Crippen LogP contribution in [0.1, 0.15) is 54.4 Å². The fourth-order valence-electron chi connectivity index (χ4n) is 2.77. The van der Waals surface area contributed by atoms with Gasteiger partial charge in [-0.15, -0.1) is 0 Å². The van der Waals surface area contributed by atoms with Gasteiger partial charge in [-0.05, 0) is 25.7 Å². The fraction of sp³-hybridized carbons (Fsp3) is 1.00. The maximum Gasteiger partial charge on any atom is 0.113 e. The van der Waals surface area contributed by atoms with Crippen molar-refractivity contribution in [3.8, 4) is 0 Å². The quantitative estimate of drug-likeness (QED) is 0.695. The van der Waals surface area contributed by atoms with Crippen molar-refractivity contribution in [1.82, 2.24) is 0 Å². The fourth-order valence-corrected chi connectivity index (χ4v) is 2.77. The molecular weight excluding hydrogens is 284 g/mol. The van der Waals surface area contributed by atoms with E-state index in [-0.39, 0.29) is 17.9 Å². The summed E-state index contributed by atoms with van der Waals surface area (Å²) in [5.74, 6) is -0.165. The number of aliphatic hydroxyl groups excluding tert-OH is 3.